The zero-order valence-corrected chi connectivity index (χ0v) is 10.3. The standard InChI is InChI=1S/C11H16F3N3O/c1-3-5-17(6-4-2)10-15-8(11(12,13)14)7-9(18)16-10/h7H,3-6H2,1-2H3,(H,15,16,18). The molecule has 0 unspecified atom stereocenters. The average molecular weight is 263 g/mol. The molecule has 0 radical (unpaired) electrons. The molecule has 1 aromatic rings. The van der Waals surface area contributed by atoms with Crippen LogP contribution in [0.2, 0.25) is 0 Å². The molecule has 0 saturated heterocycles. The van der Waals surface area contributed by atoms with Crippen LogP contribution in [-0.4, -0.2) is 23.1 Å². The summed E-state index contributed by atoms with van der Waals surface area (Å²) >= 11 is 0. The summed E-state index contributed by atoms with van der Waals surface area (Å²) in [6, 6.07) is 0.472. The van der Waals surface area contributed by atoms with Crippen LogP contribution in [0.5, 0.6) is 0 Å². The molecule has 0 aliphatic heterocycles. The lowest BCUT2D eigenvalue weighted by atomic mass is 10.3. The lowest BCUT2D eigenvalue weighted by Gasteiger charge is -2.22. The highest BCUT2D eigenvalue weighted by Gasteiger charge is 2.33. The zero-order valence-electron chi connectivity index (χ0n) is 10.3. The summed E-state index contributed by atoms with van der Waals surface area (Å²) in [7, 11) is 0. The van der Waals surface area contributed by atoms with E-state index >= 15 is 0 Å². The Labute approximate surface area is 103 Å². The van der Waals surface area contributed by atoms with Crippen LogP contribution in [0.15, 0.2) is 10.9 Å². The number of nitrogens with zero attached hydrogens (tertiary/aromatic N) is 2. The molecule has 1 heterocycles. The van der Waals surface area contributed by atoms with Crippen molar-refractivity contribution in [1.29, 1.82) is 0 Å². The van der Waals surface area contributed by atoms with Gasteiger partial charge in [-0.15, -0.1) is 0 Å². The molecular formula is C11H16F3N3O. The van der Waals surface area contributed by atoms with Gasteiger partial charge < -0.3 is 4.90 Å². The first-order valence-corrected chi connectivity index (χ1v) is 5.82. The van der Waals surface area contributed by atoms with Gasteiger partial charge in [0, 0.05) is 19.2 Å². The summed E-state index contributed by atoms with van der Waals surface area (Å²) in [4.78, 5) is 18.7. The summed E-state index contributed by atoms with van der Waals surface area (Å²) in [5, 5.41) is 0. The van der Waals surface area contributed by atoms with Gasteiger partial charge >= 0.3 is 6.18 Å². The largest absolute Gasteiger partial charge is 0.433 e. The molecule has 0 aliphatic carbocycles. The Balaban J connectivity index is 3.14. The van der Waals surface area contributed by atoms with E-state index in [1.807, 2.05) is 13.8 Å². The highest BCUT2D eigenvalue weighted by molar-refractivity contribution is 5.30. The molecule has 0 saturated carbocycles. The Hall–Kier alpha value is -1.53. The van der Waals surface area contributed by atoms with Gasteiger partial charge in [-0.3, -0.25) is 9.78 Å². The van der Waals surface area contributed by atoms with Crippen molar-refractivity contribution in [3.05, 3.63) is 22.1 Å². The highest BCUT2D eigenvalue weighted by atomic mass is 19.4. The molecule has 0 bridgehead atoms. The molecule has 0 spiro atoms. The van der Waals surface area contributed by atoms with Gasteiger partial charge in [0.25, 0.3) is 5.56 Å². The monoisotopic (exact) mass is 263 g/mol. The summed E-state index contributed by atoms with van der Waals surface area (Å²) in [5.74, 6) is -0.0153. The number of H-pyrrole nitrogens is 1. The van der Waals surface area contributed by atoms with E-state index in [0.29, 0.717) is 19.2 Å². The Morgan fingerprint density at radius 3 is 2.28 bits per heavy atom. The van der Waals surface area contributed by atoms with E-state index in [4.69, 9.17) is 0 Å². The molecular weight excluding hydrogens is 247 g/mol. The van der Waals surface area contributed by atoms with Crippen molar-refractivity contribution >= 4 is 5.95 Å². The Kier molecular flexibility index (Phi) is 4.75. The maximum atomic E-state index is 12.5. The molecule has 0 atom stereocenters. The van der Waals surface area contributed by atoms with Gasteiger partial charge in [-0.1, -0.05) is 13.8 Å². The number of anilines is 1. The third kappa shape index (κ3) is 3.75. The number of aromatic nitrogens is 2. The van der Waals surface area contributed by atoms with Crippen molar-refractivity contribution in [3.63, 3.8) is 0 Å². The lowest BCUT2D eigenvalue weighted by molar-refractivity contribution is -0.141. The SMILES string of the molecule is CCCN(CCC)c1nc(C(F)(F)F)cc(=O)[nH]1. The molecule has 0 fully saturated rings. The van der Waals surface area contributed by atoms with Crippen LogP contribution in [0, 0.1) is 0 Å². The van der Waals surface area contributed by atoms with Crippen LogP contribution in [0.25, 0.3) is 0 Å². The van der Waals surface area contributed by atoms with Crippen molar-refractivity contribution in [1.82, 2.24) is 9.97 Å². The molecule has 18 heavy (non-hydrogen) atoms. The minimum Gasteiger partial charge on any atom is -0.342 e. The zero-order chi connectivity index (χ0) is 13.8. The number of hydrogen-bond acceptors (Lipinski definition) is 3. The third-order valence-corrected chi connectivity index (χ3v) is 2.31. The van der Waals surface area contributed by atoms with Crippen molar-refractivity contribution < 1.29 is 13.2 Å². The van der Waals surface area contributed by atoms with Gasteiger partial charge in [0.15, 0.2) is 5.69 Å². The topological polar surface area (TPSA) is 49.0 Å². The molecule has 0 amide bonds. The number of halogens is 3. The van der Waals surface area contributed by atoms with Gasteiger partial charge in [-0.25, -0.2) is 4.98 Å². The minimum atomic E-state index is -4.60. The maximum Gasteiger partial charge on any atom is 0.433 e. The van der Waals surface area contributed by atoms with Crippen LogP contribution in [-0.2, 0) is 6.18 Å². The van der Waals surface area contributed by atoms with Crippen LogP contribution in [0.3, 0.4) is 0 Å². The molecule has 4 nitrogen and oxygen atoms in total. The summed E-state index contributed by atoms with van der Waals surface area (Å²) < 4.78 is 37.6. The van der Waals surface area contributed by atoms with Crippen molar-refractivity contribution in [3.8, 4) is 0 Å². The smallest absolute Gasteiger partial charge is 0.342 e. The Bertz CT molecular complexity index is 436. The van der Waals surface area contributed by atoms with Crippen LogP contribution < -0.4 is 10.5 Å². The van der Waals surface area contributed by atoms with Gasteiger partial charge in [0.05, 0.1) is 0 Å². The van der Waals surface area contributed by atoms with E-state index in [-0.39, 0.29) is 5.95 Å². The van der Waals surface area contributed by atoms with Crippen molar-refractivity contribution in [2.75, 3.05) is 18.0 Å². The van der Waals surface area contributed by atoms with Gasteiger partial charge in [-0.2, -0.15) is 13.2 Å². The first kappa shape index (κ1) is 14.5. The summed E-state index contributed by atoms with van der Waals surface area (Å²) in [6.07, 6.45) is -3.08. The molecule has 1 rings (SSSR count). The third-order valence-electron chi connectivity index (χ3n) is 2.31. The van der Waals surface area contributed by atoms with E-state index in [9.17, 15) is 18.0 Å². The number of aromatic amines is 1. The average Bonchev–Trinajstić information content (AvgIpc) is 2.27. The van der Waals surface area contributed by atoms with Crippen LogP contribution in [0.1, 0.15) is 32.4 Å². The minimum absolute atomic E-state index is 0.0153. The fourth-order valence-electron chi connectivity index (χ4n) is 1.60. The molecule has 7 heteroatoms. The number of alkyl halides is 3. The molecule has 102 valence electrons. The summed E-state index contributed by atoms with van der Waals surface area (Å²) in [5.41, 5.74) is -1.94. The molecule has 0 aliphatic rings. The van der Waals surface area contributed by atoms with Crippen molar-refractivity contribution in [2.45, 2.75) is 32.9 Å². The quantitative estimate of drug-likeness (QED) is 0.887. The van der Waals surface area contributed by atoms with E-state index in [1.54, 1.807) is 4.90 Å². The fraction of sp³-hybridized carbons (Fsp3) is 0.636. The number of nitrogens with one attached hydrogen (secondary N) is 1. The Morgan fingerprint density at radius 2 is 1.83 bits per heavy atom. The predicted molar refractivity (Wildman–Crippen MR) is 62.7 cm³/mol. The highest BCUT2D eigenvalue weighted by Crippen LogP contribution is 2.27. The molecule has 0 aromatic carbocycles. The Morgan fingerprint density at radius 1 is 1.28 bits per heavy atom. The van der Waals surface area contributed by atoms with Crippen molar-refractivity contribution in [2.24, 2.45) is 0 Å². The van der Waals surface area contributed by atoms with E-state index in [1.165, 1.54) is 0 Å². The van der Waals surface area contributed by atoms with E-state index in [0.717, 1.165) is 12.8 Å². The first-order chi connectivity index (χ1) is 8.38. The van der Waals surface area contributed by atoms with E-state index in [2.05, 4.69) is 9.97 Å². The fourth-order valence-corrected chi connectivity index (χ4v) is 1.60. The maximum absolute atomic E-state index is 12.5. The van der Waals surface area contributed by atoms with Gasteiger partial charge in [0.2, 0.25) is 5.95 Å². The second-order valence-corrected chi connectivity index (χ2v) is 3.94. The number of hydrogen-bond donors (Lipinski definition) is 1. The van der Waals surface area contributed by atoms with Gasteiger partial charge in [0.1, 0.15) is 0 Å². The van der Waals surface area contributed by atoms with Crippen LogP contribution >= 0.6 is 0 Å². The lowest BCUT2D eigenvalue weighted by Crippen LogP contribution is -2.30. The second-order valence-electron chi connectivity index (χ2n) is 3.94. The normalized spacial score (nSPS) is 11.6. The molecule has 1 aromatic heterocycles. The summed E-state index contributed by atoms with van der Waals surface area (Å²) in [6.45, 7) is 4.93. The van der Waals surface area contributed by atoms with Gasteiger partial charge in [-0.05, 0) is 12.8 Å². The van der Waals surface area contributed by atoms with E-state index < -0.39 is 17.4 Å². The predicted octanol–water partition coefficient (Wildman–Crippen LogP) is 2.42. The second kappa shape index (κ2) is 5.88. The molecule has 1 N–H and O–H groups in total. The van der Waals surface area contributed by atoms with Crippen LogP contribution in [0.4, 0.5) is 19.1 Å². The number of rotatable bonds is 5. The first-order valence-electron chi connectivity index (χ1n) is 5.82.